The Hall–Kier alpha value is -0.120. The molecule has 3 nitrogen and oxygen atoms in total. The van der Waals surface area contributed by atoms with Gasteiger partial charge in [-0.2, -0.15) is 0 Å². The second-order valence-electron chi connectivity index (χ2n) is 5.24. The van der Waals surface area contributed by atoms with Crippen LogP contribution in [-0.2, 0) is 4.74 Å². The molecule has 0 spiro atoms. The van der Waals surface area contributed by atoms with Crippen molar-refractivity contribution in [3.05, 3.63) is 0 Å². The minimum atomic E-state index is -0.103. The average Bonchev–Trinajstić information content (AvgIpc) is 2.83. The summed E-state index contributed by atoms with van der Waals surface area (Å²) in [6, 6.07) is 0. The van der Waals surface area contributed by atoms with Crippen LogP contribution in [0.4, 0.5) is 0 Å². The zero-order valence-corrected chi connectivity index (χ0v) is 10.2. The monoisotopic (exact) mass is 227 g/mol. The molecule has 16 heavy (non-hydrogen) atoms. The lowest BCUT2D eigenvalue weighted by Crippen LogP contribution is -2.36. The molecule has 2 rings (SSSR count). The smallest absolute Gasteiger partial charge is 0.0580 e. The third-order valence-electron chi connectivity index (χ3n) is 3.93. The summed E-state index contributed by atoms with van der Waals surface area (Å²) < 4.78 is 5.59. The molecule has 94 valence electrons. The van der Waals surface area contributed by atoms with Crippen molar-refractivity contribution in [2.24, 2.45) is 5.92 Å². The first-order valence-corrected chi connectivity index (χ1v) is 6.86. The minimum absolute atomic E-state index is 0.103. The van der Waals surface area contributed by atoms with Gasteiger partial charge in [0.25, 0.3) is 0 Å². The molecule has 2 N–H and O–H groups in total. The van der Waals surface area contributed by atoms with Crippen LogP contribution < -0.4 is 5.32 Å². The van der Waals surface area contributed by atoms with E-state index in [1.807, 2.05) is 0 Å². The Kier molecular flexibility index (Phi) is 5.07. The van der Waals surface area contributed by atoms with Gasteiger partial charge in [0.15, 0.2) is 0 Å². The topological polar surface area (TPSA) is 41.5 Å². The Morgan fingerprint density at radius 2 is 2.25 bits per heavy atom. The number of ether oxygens (including phenoxy) is 1. The summed E-state index contributed by atoms with van der Waals surface area (Å²) in [7, 11) is 0. The van der Waals surface area contributed by atoms with Crippen LogP contribution in [-0.4, -0.2) is 37.0 Å². The fraction of sp³-hybridized carbons (Fsp3) is 1.00. The maximum absolute atomic E-state index is 10.1. The maximum atomic E-state index is 10.1. The quantitative estimate of drug-likeness (QED) is 0.751. The number of nitrogens with one attached hydrogen (secondary N) is 1. The molecule has 0 aliphatic carbocycles. The van der Waals surface area contributed by atoms with E-state index >= 15 is 0 Å². The van der Waals surface area contributed by atoms with Gasteiger partial charge in [-0.1, -0.05) is 0 Å². The van der Waals surface area contributed by atoms with Crippen LogP contribution >= 0.6 is 0 Å². The van der Waals surface area contributed by atoms with E-state index < -0.39 is 0 Å². The molecule has 3 atom stereocenters. The van der Waals surface area contributed by atoms with Gasteiger partial charge >= 0.3 is 0 Å². The lowest BCUT2D eigenvalue weighted by Gasteiger charge is -2.27. The van der Waals surface area contributed by atoms with Gasteiger partial charge in [0, 0.05) is 13.2 Å². The molecule has 3 unspecified atom stereocenters. The second kappa shape index (κ2) is 6.58. The van der Waals surface area contributed by atoms with Gasteiger partial charge in [0.2, 0.25) is 0 Å². The van der Waals surface area contributed by atoms with Crippen LogP contribution in [0.3, 0.4) is 0 Å². The Labute approximate surface area is 98.6 Å². The Morgan fingerprint density at radius 3 is 2.94 bits per heavy atom. The molecule has 0 bridgehead atoms. The van der Waals surface area contributed by atoms with Gasteiger partial charge in [-0.15, -0.1) is 0 Å². The average molecular weight is 227 g/mol. The lowest BCUT2D eigenvalue weighted by molar-refractivity contribution is 0.0685. The fourth-order valence-corrected chi connectivity index (χ4v) is 2.87. The predicted molar refractivity (Wildman–Crippen MR) is 64.4 cm³/mol. The third kappa shape index (κ3) is 3.72. The van der Waals surface area contributed by atoms with Crippen molar-refractivity contribution in [3.63, 3.8) is 0 Å². The molecule has 0 aromatic carbocycles. The summed E-state index contributed by atoms with van der Waals surface area (Å²) in [6.45, 7) is 3.07. The molecular formula is C13H25NO2. The minimum Gasteiger partial charge on any atom is -0.393 e. The SMILES string of the molecule is OC(CCCC1CCCO1)C1CCCNC1. The van der Waals surface area contributed by atoms with Crippen molar-refractivity contribution >= 4 is 0 Å². The highest BCUT2D eigenvalue weighted by Gasteiger charge is 2.22. The van der Waals surface area contributed by atoms with E-state index in [1.54, 1.807) is 0 Å². The fourth-order valence-electron chi connectivity index (χ4n) is 2.87. The summed E-state index contributed by atoms with van der Waals surface area (Å²) in [5, 5.41) is 13.4. The predicted octanol–water partition coefficient (Wildman–Crippen LogP) is 1.70. The molecule has 2 fully saturated rings. The first-order valence-electron chi connectivity index (χ1n) is 6.86. The number of piperidine rings is 1. The molecule has 0 amide bonds. The van der Waals surface area contributed by atoms with Crippen LogP contribution in [0.15, 0.2) is 0 Å². The molecule has 0 aromatic rings. The summed E-state index contributed by atoms with van der Waals surface area (Å²) >= 11 is 0. The van der Waals surface area contributed by atoms with E-state index in [2.05, 4.69) is 5.32 Å². The molecule has 0 aromatic heterocycles. The van der Waals surface area contributed by atoms with Crippen LogP contribution in [0.1, 0.15) is 44.9 Å². The van der Waals surface area contributed by atoms with Crippen molar-refractivity contribution in [1.82, 2.24) is 5.32 Å². The molecule has 2 heterocycles. The maximum Gasteiger partial charge on any atom is 0.0580 e. The summed E-state index contributed by atoms with van der Waals surface area (Å²) in [4.78, 5) is 0. The summed E-state index contributed by atoms with van der Waals surface area (Å²) in [5.74, 6) is 0.484. The number of hydrogen-bond acceptors (Lipinski definition) is 3. The van der Waals surface area contributed by atoms with E-state index in [-0.39, 0.29) is 6.10 Å². The normalized spacial score (nSPS) is 32.8. The molecule has 2 saturated heterocycles. The van der Waals surface area contributed by atoms with E-state index in [9.17, 15) is 5.11 Å². The van der Waals surface area contributed by atoms with Crippen LogP contribution in [0.25, 0.3) is 0 Å². The Morgan fingerprint density at radius 1 is 1.31 bits per heavy atom. The Balaban J connectivity index is 1.57. The summed E-state index contributed by atoms with van der Waals surface area (Å²) in [5.41, 5.74) is 0. The second-order valence-corrected chi connectivity index (χ2v) is 5.24. The van der Waals surface area contributed by atoms with E-state index in [0.717, 1.165) is 39.0 Å². The van der Waals surface area contributed by atoms with Gasteiger partial charge in [0.05, 0.1) is 12.2 Å². The largest absolute Gasteiger partial charge is 0.393 e. The van der Waals surface area contributed by atoms with Crippen molar-refractivity contribution in [2.75, 3.05) is 19.7 Å². The van der Waals surface area contributed by atoms with Crippen molar-refractivity contribution in [3.8, 4) is 0 Å². The molecule has 0 saturated carbocycles. The molecule has 0 radical (unpaired) electrons. The lowest BCUT2D eigenvalue weighted by atomic mass is 9.90. The van der Waals surface area contributed by atoms with Crippen LogP contribution in [0, 0.1) is 5.92 Å². The van der Waals surface area contributed by atoms with Gasteiger partial charge in [-0.05, 0) is 57.4 Å². The first kappa shape index (κ1) is 12.3. The Bertz CT molecular complexity index is 186. The van der Waals surface area contributed by atoms with Gasteiger partial charge in [-0.25, -0.2) is 0 Å². The first-order chi connectivity index (χ1) is 7.86. The van der Waals surface area contributed by atoms with Crippen LogP contribution in [0.2, 0.25) is 0 Å². The molecule has 2 aliphatic heterocycles. The highest BCUT2D eigenvalue weighted by molar-refractivity contribution is 4.76. The van der Waals surface area contributed by atoms with Crippen LogP contribution in [0.5, 0.6) is 0 Å². The number of hydrogen-bond donors (Lipinski definition) is 2. The molecular weight excluding hydrogens is 202 g/mol. The van der Waals surface area contributed by atoms with Crippen molar-refractivity contribution in [2.45, 2.75) is 57.2 Å². The highest BCUT2D eigenvalue weighted by atomic mass is 16.5. The van der Waals surface area contributed by atoms with Gasteiger partial charge in [-0.3, -0.25) is 0 Å². The standard InChI is InChI=1S/C13H25NO2/c15-13(11-4-2-8-14-10-11)7-1-5-12-6-3-9-16-12/h11-15H,1-10H2. The van der Waals surface area contributed by atoms with E-state index in [4.69, 9.17) is 4.74 Å². The zero-order valence-electron chi connectivity index (χ0n) is 10.2. The van der Waals surface area contributed by atoms with Crippen molar-refractivity contribution < 1.29 is 9.84 Å². The third-order valence-corrected chi connectivity index (χ3v) is 3.93. The molecule has 3 heteroatoms. The number of aliphatic hydroxyl groups is 1. The van der Waals surface area contributed by atoms with E-state index in [1.165, 1.54) is 25.7 Å². The van der Waals surface area contributed by atoms with Gasteiger partial charge < -0.3 is 15.2 Å². The summed E-state index contributed by atoms with van der Waals surface area (Å²) in [6.07, 6.45) is 8.43. The number of aliphatic hydroxyl groups excluding tert-OH is 1. The number of rotatable bonds is 5. The highest BCUT2D eigenvalue weighted by Crippen LogP contribution is 2.22. The van der Waals surface area contributed by atoms with Crippen molar-refractivity contribution in [1.29, 1.82) is 0 Å². The molecule has 2 aliphatic rings. The zero-order chi connectivity index (χ0) is 11.2. The van der Waals surface area contributed by atoms with E-state index in [0.29, 0.717) is 12.0 Å². The van der Waals surface area contributed by atoms with Gasteiger partial charge in [0.1, 0.15) is 0 Å².